The Morgan fingerprint density at radius 1 is 1.14 bits per heavy atom. The monoisotopic (exact) mass is 296 g/mol. The minimum Gasteiger partial charge on any atom is -0.258 e. The Kier molecular flexibility index (Phi) is 3.16. The van der Waals surface area contributed by atoms with Crippen molar-refractivity contribution in [2.24, 2.45) is 0 Å². The van der Waals surface area contributed by atoms with Crippen LogP contribution in [-0.4, -0.2) is 19.5 Å². The molecule has 0 radical (unpaired) electrons. The Morgan fingerprint density at radius 3 is 2.41 bits per heavy atom. The van der Waals surface area contributed by atoms with E-state index in [0.29, 0.717) is 5.82 Å². The zero-order valence-corrected chi connectivity index (χ0v) is 12.6. The van der Waals surface area contributed by atoms with Gasteiger partial charge in [0.15, 0.2) is 5.82 Å². The number of nitrogens with zero attached hydrogens (tertiary/aromatic N) is 4. The van der Waals surface area contributed by atoms with Gasteiger partial charge in [0.1, 0.15) is 0 Å². The molecule has 0 N–H and O–H groups in total. The molecule has 1 aromatic carbocycles. The van der Waals surface area contributed by atoms with E-state index in [1.165, 1.54) is 16.1 Å². The number of hydrogen-bond acceptors (Lipinski definition) is 4. The number of rotatable bonds is 2. The second kappa shape index (κ2) is 4.91. The minimum absolute atomic E-state index is 0.0486. The molecule has 0 saturated heterocycles. The van der Waals surface area contributed by atoms with Gasteiger partial charge in [-0.25, -0.2) is 9.50 Å². The normalized spacial score (nSPS) is 11.8. The van der Waals surface area contributed by atoms with Crippen molar-refractivity contribution < 1.29 is 4.92 Å². The molecule has 0 atom stereocenters. The fraction of sp³-hybridized carbons (Fsp3) is 0.250. The summed E-state index contributed by atoms with van der Waals surface area (Å²) >= 11 is 0. The highest BCUT2D eigenvalue weighted by molar-refractivity contribution is 5.65. The first-order valence-electron chi connectivity index (χ1n) is 6.97. The molecule has 0 fully saturated rings. The highest BCUT2D eigenvalue weighted by Crippen LogP contribution is 2.26. The summed E-state index contributed by atoms with van der Waals surface area (Å²) in [6.07, 6.45) is 1.66. The molecule has 3 aromatic rings. The van der Waals surface area contributed by atoms with Gasteiger partial charge in [-0.15, -0.1) is 5.10 Å². The fourth-order valence-corrected chi connectivity index (χ4v) is 2.28. The number of benzene rings is 1. The molecule has 2 heterocycles. The van der Waals surface area contributed by atoms with Crippen molar-refractivity contribution >= 4 is 11.3 Å². The summed E-state index contributed by atoms with van der Waals surface area (Å²) in [4.78, 5) is 14.9. The molecule has 112 valence electrons. The van der Waals surface area contributed by atoms with E-state index in [9.17, 15) is 10.1 Å². The van der Waals surface area contributed by atoms with Crippen LogP contribution in [0.1, 0.15) is 26.3 Å². The average Bonchev–Trinajstić information content (AvgIpc) is 2.90. The standard InChI is InChI=1S/C16H16N4O2/c1-16(2,3)12-8-6-11(7-9-12)14-17-15-13(20(21)22)5-4-10-19(15)18-14/h4-10H,1-3H3. The Hall–Kier alpha value is -2.76. The first-order valence-corrected chi connectivity index (χ1v) is 6.97. The molecular formula is C16H16N4O2. The lowest BCUT2D eigenvalue weighted by molar-refractivity contribution is -0.383. The summed E-state index contributed by atoms with van der Waals surface area (Å²) in [5.41, 5.74) is 2.33. The van der Waals surface area contributed by atoms with Gasteiger partial charge in [-0.3, -0.25) is 10.1 Å². The molecule has 0 spiro atoms. The van der Waals surface area contributed by atoms with Crippen LogP contribution in [-0.2, 0) is 5.41 Å². The lowest BCUT2D eigenvalue weighted by atomic mass is 9.87. The van der Waals surface area contributed by atoms with E-state index in [4.69, 9.17) is 0 Å². The maximum atomic E-state index is 11.0. The van der Waals surface area contributed by atoms with Crippen molar-refractivity contribution in [1.82, 2.24) is 14.6 Å². The van der Waals surface area contributed by atoms with Crippen molar-refractivity contribution in [3.63, 3.8) is 0 Å². The molecule has 22 heavy (non-hydrogen) atoms. The third-order valence-corrected chi connectivity index (χ3v) is 3.55. The Balaban J connectivity index is 2.07. The SMILES string of the molecule is CC(C)(C)c1ccc(-c2nc3c([N+](=O)[O-])cccn3n2)cc1. The number of fused-ring (bicyclic) bond motifs is 1. The molecule has 2 aromatic heterocycles. The highest BCUT2D eigenvalue weighted by Gasteiger charge is 2.18. The van der Waals surface area contributed by atoms with Crippen LogP contribution >= 0.6 is 0 Å². The Morgan fingerprint density at radius 2 is 1.82 bits per heavy atom. The number of nitro groups is 1. The molecule has 0 aliphatic heterocycles. The predicted molar refractivity (Wildman–Crippen MR) is 83.8 cm³/mol. The Bertz CT molecular complexity index is 845. The van der Waals surface area contributed by atoms with Crippen LogP contribution in [0.3, 0.4) is 0 Å². The summed E-state index contributed by atoms with van der Waals surface area (Å²) in [6.45, 7) is 6.44. The van der Waals surface area contributed by atoms with Gasteiger partial charge in [0.2, 0.25) is 5.65 Å². The van der Waals surface area contributed by atoms with Gasteiger partial charge in [-0.2, -0.15) is 0 Å². The first kappa shape index (κ1) is 14.2. The summed E-state index contributed by atoms with van der Waals surface area (Å²) in [5.74, 6) is 0.481. The number of pyridine rings is 1. The summed E-state index contributed by atoms with van der Waals surface area (Å²) < 4.78 is 1.44. The van der Waals surface area contributed by atoms with Crippen molar-refractivity contribution in [2.75, 3.05) is 0 Å². The Labute approximate surface area is 127 Å². The summed E-state index contributed by atoms with van der Waals surface area (Å²) in [7, 11) is 0. The quantitative estimate of drug-likeness (QED) is 0.535. The molecule has 0 aliphatic carbocycles. The van der Waals surface area contributed by atoms with E-state index in [2.05, 4.69) is 30.9 Å². The van der Waals surface area contributed by atoms with E-state index in [-0.39, 0.29) is 16.7 Å². The van der Waals surface area contributed by atoms with Crippen molar-refractivity contribution in [2.45, 2.75) is 26.2 Å². The number of hydrogen-bond donors (Lipinski definition) is 0. The third kappa shape index (κ3) is 2.43. The largest absolute Gasteiger partial charge is 0.313 e. The molecule has 0 saturated carbocycles. The zero-order chi connectivity index (χ0) is 15.9. The third-order valence-electron chi connectivity index (χ3n) is 3.55. The predicted octanol–water partition coefficient (Wildman–Crippen LogP) is 3.60. The van der Waals surface area contributed by atoms with E-state index in [1.807, 2.05) is 24.3 Å². The minimum atomic E-state index is -0.448. The average molecular weight is 296 g/mol. The summed E-state index contributed by atoms with van der Waals surface area (Å²) in [5, 5.41) is 15.4. The topological polar surface area (TPSA) is 73.3 Å². The molecule has 3 rings (SSSR count). The molecule has 0 bridgehead atoms. The van der Waals surface area contributed by atoms with Crippen LogP contribution in [0.5, 0.6) is 0 Å². The van der Waals surface area contributed by atoms with Gasteiger partial charge in [0, 0.05) is 17.8 Å². The highest BCUT2D eigenvalue weighted by atomic mass is 16.6. The lowest BCUT2D eigenvalue weighted by Crippen LogP contribution is -2.10. The van der Waals surface area contributed by atoms with Gasteiger partial charge in [-0.1, -0.05) is 45.0 Å². The smallest absolute Gasteiger partial charge is 0.258 e. The van der Waals surface area contributed by atoms with Gasteiger partial charge in [0.05, 0.1) is 4.92 Å². The van der Waals surface area contributed by atoms with Crippen LogP contribution in [0.4, 0.5) is 5.69 Å². The van der Waals surface area contributed by atoms with E-state index in [0.717, 1.165) is 5.56 Å². The summed E-state index contributed by atoms with van der Waals surface area (Å²) in [6, 6.07) is 11.0. The number of aromatic nitrogens is 3. The van der Waals surface area contributed by atoms with E-state index < -0.39 is 4.92 Å². The van der Waals surface area contributed by atoms with Gasteiger partial charge in [0.25, 0.3) is 0 Å². The van der Waals surface area contributed by atoms with Gasteiger partial charge >= 0.3 is 5.69 Å². The van der Waals surface area contributed by atoms with Crippen LogP contribution in [0.2, 0.25) is 0 Å². The second-order valence-electron chi connectivity index (χ2n) is 6.18. The molecule has 0 amide bonds. The van der Waals surface area contributed by atoms with Crippen molar-refractivity contribution in [3.05, 3.63) is 58.3 Å². The van der Waals surface area contributed by atoms with Crippen LogP contribution in [0.15, 0.2) is 42.6 Å². The molecule has 0 unspecified atom stereocenters. The van der Waals surface area contributed by atoms with Crippen LogP contribution in [0, 0.1) is 10.1 Å². The van der Waals surface area contributed by atoms with Crippen LogP contribution in [0.25, 0.3) is 17.0 Å². The van der Waals surface area contributed by atoms with Gasteiger partial charge < -0.3 is 0 Å². The van der Waals surface area contributed by atoms with E-state index in [1.54, 1.807) is 12.3 Å². The molecule has 6 nitrogen and oxygen atoms in total. The maximum Gasteiger partial charge on any atom is 0.313 e. The lowest BCUT2D eigenvalue weighted by Gasteiger charge is -2.18. The van der Waals surface area contributed by atoms with Crippen LogP contribution < -0.4 is 0 Å². The maximum absolute atomic E-state index is 11.0. The van der Waals surface area contributed by atoms with Gasteiger partial charge in [-0.05, 0) is 17.0 Å². The fourth-order valence-electron chi connectivity index (χ4n) is 2.28. The molecule has 6 heteroatoms. The molecule has 0 aliphatic rings. The second-order valence-corrected chi connectivity index (χ2v) is 6.18. The van der Waals surface area contributed by atoms with Crippen molar-refractivity contribution in [1.29, 1.82) is 0 Å². The van der Waals surface area contributed by atoms with E-state index >= 15 is 0 Å². The first-order chi connectivity index (χ1) is 10.4. The molecular weight excluding hydrogens is 280 g/mol. The zero-order valence-electron chi connectivity index (χ0n) is 12.6. The van der Waals surface area contributed by atoms with Crippen molar-refractivity contribution in [3.8, 4) is 11.4 Å².